The summed E-state index contributed by atoms with van der Waals surface area (Å²) in [6.45, 7) is 8.77. The van der Waals surface area contributed by atoms with Crippen LogP contribution in [0.4, 0.5) is 0 Å². The molecule has 1 saturated heterocycles. The number of rotatable bonds is 5. The van der Waals surface area contributed by atoms with Gasteiger partial charge in [0.25, 0.3) is 0 Å². The molecule has 1 aliphatic heterocycles. The predicted molar refractivity (Wildman–Crippen MR) is 92.4 cm³/mol. The Balaban J connectivity index is 1.88. The first kappa shape index (κ1) is 16.8. The van der Waals surface area contributed by atoms with E-state index in [0.717, 1.165) is 38.8 Å². The summed E-state index contributed by atoms with van der Waals surface area (Å²) >= 11 is 0. The summed E-state index contributed by atoms with van der Waals surface area (Å²) in [7, 11) is 1.86. The van der Waals surface area contributed by atoms with Gasteiger partial charge in [-0.05, 0) is 30.7 Å². The summed E-state index contributed by atoms with van der Waals surface area (Å²) in [6.07, 6.45) is 1.18. The third-order valence-electron chi connectivity index (χ3n) is 4.38. The third-order valence-corrected chi connectivity index (χ3v) is 4.38. The second-order valence-corrected chi connectivity index (χ2v) is 5.90. The van der Waals surface area contributed by atoms with Crippen LogP contribution in [0.15, 0.2) is 35.3 Å². The maximum absolute atomic E-state index is 5.38. The molecule has 0 aliphatic carbocycles. The molecule has 2 unspecified atom stereocenters. The van der Waals surface area contributed by atoms with E-state index in [1.807, 2.05) is 14.0 Å². The highest BCUT2D eigenvalue weighted by atomic mass is 16.5. The average molecular weight is 303 g/mol. The Labute approximate surface area is 134 Å². The first-order valence-electron chi connectivity index (χ1n) is 8.34. The number of likely N-dealkylation sites (tertiary alicyclic amines) is 1. The van der Waals surface area contributed by atoms with E-state index < -0.39 is 0 Å². The summed E-state index contributed by atoms with van der Waals surface area (Å²) < 4.78 is 5.38. The van der Waals surface area contributed by atoms with E-state index in [4.69, 9.17) is 4.74 Å². The molecule has 0 radical (unpaired) electrons. The fourth-order valence-corrected chi connectivity index (χ4v) is 3.25. The molecule has 0 spiro atoms. The fourth-order valence-electron chi connectivity index (χ4n) is 3.25. The van der Waals surface area contributed by atoms with Crippen LogP contribution in [0.5, 0.6) is 0 Å². The van der Waals surface area contributed by atoms with E-state index in [1.165, 1.54) is 12.0 Å². The monoisotopic (exact) mass is 303 g/mol. The molecule has 0 bridgehead atoms. The van der Waals surface area contributed by atoms with Crippen molar-refractivity contribution in [2.45, 2.75) is 26.2 Å². The standard InChI is InChI=1S/C18H29N3O/c1-4-22-13-11-20-18(19-3)21-12-10-17(15(2)14-21)16-8-6-5-7-9-16/h5-9,15,17H,4,10-14H2,1-3H3,(H,19,20). The topological polar surface area (TPSA) is 36.9 Å². The van der Waals surface area contributed by atoms with Gasteiger partial charge in [-0.25, -0.2) is 0 Å². The molecule has 1 heterocycles. The summed E-state index contributed by atoms with van der Waals surface area (Å²) in [5, 5.41) is 3.40. The Morgan fingerprint density at radius 2 is 2.14 bits per heavy atom. The van der Waals surface area contributed by atoms with Gasteiger partial charge in [0.05, 0.1) is 6.61 Å². The quantitative estimate of drug-likeness (QED) is 0.516. The zero-order chi connectivity index (χ0) is 15.8. The van der Waals surface area contributed by atoms with Crippen LogP contribution in [0.3, 0.4) is 0 Å². The van der Waals surface area contributed by atoms with Gasteiger partial charge in [0.2, 0.25) is 0 Å². The molecule has 1 fully saturated rings. The number of aliphatic imine (C=N–C) groups is 1. The molecule has 2 rings (SSSR count). The molecule has 1 aromatic rings. The molecule has 0 amide bonds. The Bertz CT molecular complexity index is 461. The highest BCUT2D eigenvalue weighted by Crippen LogP contribution is 2.32. The van der Waals surface area contributed by atoms with Crippen LogP contribution in [0, 0.1) is 5.92 Å². The van der Waals surface area contributed by atoms with Crippen LogP contribution in [-0.2, 0) is 4.74 Å². The SMILES string of the molecule is CCOCCNC(=NC)N1CCC(c2ccccc2)C(C)C1. The zero-order valence-electron chi connectivity index (χ0n) is 14.1. The van der Waals surface area contributed by atoms with Crippen molar-refractivity contribution in [1.29, 1.82) is 0 Å². The molecule has 1 aliphatic rings. The van der Waals surface area contributed by atoms with E-state index in [9.17, 15) is 0 Å². The van der Waals surface area contributed by atoms with E-state index in [-0.39, 0.29) is 0 Å². The number of guanidine groups is 1. The molecule has 0 saturated carbocycles. The van der Waals surface area contributed by atoms with Crippen LogP contribution in [-0.4, -0.2) is 50.8 Å². The van der Waals surface area contributed by atoms with Gasteiger partial charge in [-0.1, -0.05) is 37.3 Å². The second kappa shape index (κ2) is 8.79. The van der Waals surface area contributed by atoms with Crippen LogP contribution in [0.1, 0.15) is 31.7 Å². The maximum atomic E-state index is 5.38. The van der Waals surface area contributed by atoms with Gasteiger partial charge < -0.3 is 15.0 Å². The Morgan fingerprint density at radius 3 is 2.77 bits per heavy atom. The minimum atomic E-state index is 0.626. The third kappa shape index (κ3) is 4.47. The number of nitrogens with one attached hydrogen (secondary N) is 1. The van der Waals surface area contributed by atoms with Crippen molar-refractivity contribution in [3.63, 3.8) is 0 Å². The number of nitrogens with zero attached hydrogens (tertiary/aromatic N) is 2. The normalized spacial score (nSPS) is 22.7. The summed E-state index contributed by atoms with van der Waals surface area (Å²) in [5.41, 5.74) is 1.47. The van der Waals surface area contributed by atoms with Crippen LogP contribution < -0.4 is 5.32 Å². The minimum Gasteiger partial charge on any atom is -0.380 e. The predicted octanol–water partition coefficient (Wildman–Crippen LogP) is 2.72. The van der Waals surface area contributed by atoms with Crippen LogP contribution in [0.25, 0.3) is 0 Å². The second-order valence-electron chi connectivity index (χ2n) is 5.90. The first-order chi connectivity index (χ1) is 10.8. The van der Waals surface area contributed by atoms with Crippen LogP contribution in [0.2, 0.25) is 0 Å². The lowest BCUT2D eigenvalue weighted by molar-refractivity contribution is 0.151. The van der Waals surface area contributed by atoms with Crippen molar-refractivity contribution < 1.29 is 4.74 Å². The molecule has 1 aromatic carbocycles. The summed E-state index contributed by atoms with van der Waals surface area (Å²) in [6, 6.07) is 10.9. The van der Waals surface area contributed by atoms with Gasteiger partial charge in [0.15, 0.2) is 5.96 Å². The number of hydrogen-bond donors (Lipinski definition) is 1. The van der Waals surface area contributed by atoms with Gasteiger partial charge in [0, 0.05) is 33.3 Å². The Morgan fingerprint density at radius 1 is 1.36 bits per heavy atom. The van der Waals surface area contributed by atoms with Crippen molar-refractivity contribution in [2.24, 2.45) is 10.9 Å². The average Bonchev–Trinajstić information content (AvgIpc) is 2.56. The largest absolute Gasteiger partial charge is 0.380 e. The molecular weight excluding hydrogens is 274 g/mol. The van der Waals surface area contributed by atoms with Gasteiger partial charge in [-0.3, -0.25) is 4.99 Å². The molecule has 122 valence electrons. The fraction of sp³-hybridized carbons (Fsp3) is 0.611. The molecule has 1 N–H and O–H groups in total. The number of piperidine rings is 1. The highest BCUT2D eigenvalue weighted by molar-refractivity contribution is 5.80. The van der Waals surface area contributed by atoms with Gasteiger partial charge in [-0.2, -0.15) is 0 Å². The smallest absolute Gasteiger partial charge is 0.193 e. The van der Waals surface area contributed by atoms with E-state index in [1.54, 1.807) is 0 Å². The van der Waals surface area contributed by atoms with E-state index in [0.29, 0.717) is 11.8 Å². The van der Waals surface area contributed by atoms with Gasteiger partial charge in [-0.15, -0.1) is 0 Å². The minimum absolute atomic E-state index is 0.626. The molecule has 0 aromatic heterocycles. The van der Waals surface area contributed by atoms with E-state index >= 15 is 0 Å². The Hall–Kier alpha value is -1.55. The number of benzene rings is 1. The molecule has 22 heavy (non-hydrogen) atoms. The first-order valence-corrected chi connectivity index (χ1v) is 8.34. The lowest BCUT2D eigenvalue weighted by Crippen LogP contribution is -2.48. The molecular formula is C18H29N3O. The summed E-state index contributed by atoms with van der Waals surface area (Å²) in [5.74, 6) is 2.28. The van der Waals surface area contributed by atoms with Crippen molar-refractivity contribution in [2.75, 3.05) is 39.9 Å². The molecule has 4 nitrogen and oxygen atoms in total. The zero-order valence-corrected chi connectivity index (χ0v) is 14.1. The van der Waals surface area contributed by atoms with E-state index in [2.05, 4.69) is 52.5 Å². The maximum Gasteiger partial charge on any atom is 0.193 e. The van der Waals surface area contributed by atoms with Crippen molar-refractivity contribution >= 4 is 5.96 Å². The number of ether oxygens (including phenoxy) is 1. The summed E-state index contributed by atoms with van der Waals surface area (Å²) in [4.78, 5) is 6.79. The lowest BCUT2D eigenvalue weighted by Gasteiger charge is -2.38. The van der Waals surface area contributed by atoms with Crippen molar-refractivity contribution in [1.82, 2.24) is 10.2 Å². The lowest BCUT2D eigenvalue weighted by atomic mass is 9.82. The van der Waals surface area contributed by atoms with Gasteiger partial charge in [0.1, 0.15) is 0 Å². The van der Waals surface area contributed by atoms with Gasteiger partial charge >= 0.3 is 0 Å². The van der Waals surface area contributed by atoms with Crippen LogP contribution >= 0.6 is 0 Å². The van der Waals surface area contributed by atoms with Crippen molar-refractivity contribution in [3.05, 3.63) is 35.9 Å². The van der Waals surface area contributed by atoms with Crippen molar-refractivity contribution in [3.8, 4) is 0 Å². The molecule has 2 atom stereocenters. The highest BCUT2D eigenvalue weighted by Gasteiger charge is 2.28. The number of hydrogen-bond acceptors (Lipinski definition) is 2. The molecule has 4 heteroatoms. The Kier molecular flexibility index (Phi) is 6.72.